The number of aromatic nitrogens is 2. The summed E-state index contributed by atoms with van der Waals surface area (Å²) in [6.45, 7) is 4.15. The first-order valence-corrected chi connectivity index (χ1v) is 11.3. The number of carbonyl (C=O) groups is 1. The van der Waals surface area contributed by atoms with Crippen molar-refractivity contribution in [3.8, 4) is 22.6 Å². The van der Waals surface area contributed by atoms with Crippen LogP contribution in [0.3, 0.4) is 0 Å². The van der Waals surface area contributed by atoms with Gasteiger partial charge in [0.1, 0.15) is 18.1 Å². The quantitative estimate of drug-likeness (QED) is 0.626. The van der Waals surface area contributed by atoms with Gasteiger partial charge in [-0.2, -0.15) is 5.10 Å². The summed E-state index contributed by atoms with van der Waals surface area (Å²) in [7, 11) is 3.78. The zero-order chi connectivity index (χ0) is 22.8. The van der Waals surface area contributed by atoms with Crippen molar-refractivity contribution in [3.05, 3.63) is 54.4 Å². The fraction of sp³-hybridized carbons (Fsp3) is 0.360. The van der Waals surface area contributed by atoms with Crippen molar-refractivity contribution < 1.29 is 14.3 Å². The number of ether oxygens (including phenoxy) is 2. The molecule has 8 nitrogen and oxygen atoms in total. The molecule has 2 aliphatic rings. The number of fused-ring (bicyclic) bond motifs is 1. The number of rotatable bonds is 5. The van der Waals surface area contributed by atoms with E-state index in [9.17, 15) is 4.79 Å². The first-order valence-electron chi connectivity index (χ1n) is 11.3. The van der Waals surface area contributed by atoms with Crippen molar-refractivity contribution in [2.24, 2.45) is 5.92 Å². The zero-order valence-corrected chi connectivity index (χ0v) is 19.0. The van der Waals surface area contributed by atoms with Gasteiger partial charge in [-0.25, -0.2) is 0 Å². The van der Waals surface area contributed by atoms with E-state index in [0.717, 1.165) is 65.7 Å². The maximum Gasteiger partial charge on any atom is 0.231 e. The van der Waals surface area contributed by atoms with Gasteiger partial charge in [-0.3, -0.25) is 9.89 Å². The molecule has 0 bridgehead atoms. The molecule has 2 aliphatic heterocycles. The van der Waals surface area contributed by atoms with Gasteiger partial charge in [0.2, 0.25) is 5.91 Å². The summed E-state index contributed by atoms with van der Waals surface area (Å²) < 4.78 is 11.2. The molecule has 0 spiro atoms. The summed E-state index contributed by atoms with van der Waals surface area (Å²) in [4.78, 5) is 17.9. The number of aromatic amines is 1. The van der Waals surface area contributed by atoms with E-state index in [4.69, 9.17) is 9.47 Å². The van der Waals surface area contributed by atoms with Crippen molar-refractivity contribution >= 4 is 17.3 Å². The number of anilines is 2. The highest BCUT2D eigenvalue weighted by atomic mass is 16.5. The van der Waals surface area contributed by atoms with E-state index in [2.05, 4.69) is 38.4 Å². The van der Waals surface area contributed by atoms with Gasteiger partial charge in [-0.15, -0.1) is 0 Å². The minimum absolute atomic E-state index is 0.0325. The van der Waals surface area contributed by atoms with Crippen LogP contribution in [-0.2, 0) is 11.2 Å². The monoisotopic (exact) mass is 447 g/mol. The summed E-state index contributed by atoms with van der Waals surface area (Å²) in [5.74, 6) is 1.29. The van der Waals surface area contributed by atoms with Gasteiger partial charge < -0.3 is 24.6 Å². The summed E-state index contributed by atoms with van der Waals surface area (Å²) >= 11 is 0. The molecule has 1 fully saturated rings. The topological polar surface area (TPSA) is 82.7 Å². The average molecular weight is 448 g/mol. The fourth-order valence-electron chi connectivity index (χ4n) is 4.44. The highest BCUT2D eigenvalue weighted by Gasteiger charge is 2.28. The number of amides is 1. The van der Waals surface area contributed by atoms with Crippen molar-refractivity contribution in [2.45, 2.75) is 6.42 Å². The van der Waals surface area contributed by atoms with E-state index in [1.165, 1.54) is 0 Å². The average Bonchev–Trinajstić information content (AvgIpc) is 3.39. The lowest BCUT2D eigenvalue weighted by Crippen LogP contribution is -2.45. The summed E-state index contributed by atoms with van der Waals surface area (Å²) in [6, 6.07) is 11.9. The molecular weight excluding hydrogens is 418 g/mol. The first-order chi connectivity index (χ1) is 16.1. The van der Waals surface area contributed by atoms with Crippen molar-refractivity contribution in [3.63, 3.8) is 0 Å². The molecule has 8 heteroatoms. The number of nitrogens with one attached hydrogen (secondary N) is 2. The molecule has 2 N–H and O–H groups in total. The molecule has 0 radical (unpaired) electrons. The number of piperazine rings is 1. The third-order valence-electron chi connectivity index (χ3n) is 6.48. The molecule has 3 aromatic rings. The molecule has 1 atom stereocenters. The number of carbonyl (C=O) groups excluding carboxylic acids is 1. The molecule has 33 heavy (non-hydrogen) atoms. The SMILES string of the molecule is COc1ccc2c(c1)C[C@H](C(=O)Nc1ccc(-c3cn[nH]c3)cc1N1CCN(C)CC1)CO2. The lowest BCUT2D eigenvalue weighted by atomic mass is 9.95. The van der Waals surface area contributed by atoms with E-state index >= 15 is 0 Å². The molecular formula is C25H29N5O3. The van der Waals surface area contributed by atoms with Gasteiger partial charge in [0.05, 0.1) is 30.6 Å². The smallest absolute Gasteiger partial charge is 0.231 e. The van der Waals surface area contributed by atoms with Crippen LogP contribution in [0.2, 0.25) is 0 Å². The Balaban J connectivity index is 1.38. The summed E-state index contributed by atoms with van der Waals surface area (Å²) in [5, 5.41) is 10.1. The number of benzene rings is 2. The van der Waals surface area contributed by atoms with Gasteiger partial charge in [0.25, 0.3) is 0 Å². The van der Waals surface area contributed by atoms with Crippen LogP contribution in [-0.4, -0.2) is 67.9 Å². The standard InChI is InChI=1S/C25H29N5O3/c1-29-7-9-30(10-8-29)23-13-17(20-14-26-27-15-20)3-5-22(23)28-25(31)19-11-18-12-21(32-2)4-6-24(18)33-16-19/h3-6,12-15,19H,7-11,16H2,1-2H3,(H,26,27)(H,28,31)/t19-/m0/s1. The molecule has 5 rings (SSSR count). The van der Waals surface area contributed by atoms with Crippen molar-refractivity contribution in [1.29, 1.82) is 0 Å². The maximum atomic E-state index is 13.3. The number of hydrogen-bond acceptors (Lipinski definition) is 6. The molecule has 2 aromatic carbocycles. The minimum atomic E-state index is -0.265. The molecule has 0 saturated carbocycles. The van der Waals surface area contributed by atoms with Crippen LogP contribution in [0.25, 0.3) is 11.1 Å². The normalized spacial score (nSPS) is 18.4. The van der Waals surface area contributed by atoms with Crippen LogP contribution in [0.5, 0.6) is 11.5 Å². The van der Waals surface area contributed by atoms with Gasteiger partial charge in [-0.1, -0.05) is 6.07 Å². The second kappa shape index (κ2) is 9.15. The number of hydrogen-bond donors (Lipinski definition) is 2. The van der Waals surface area contributed by atoms with Gasteiger partial charge in [-0.05, 0) is 54.9 Å². The second-order valence-corrected chi connectivity index (χ2v) is 8.68. The Bertz CT molecular complexity index is 1120. The maximum absolute atomic E-state index is 13.3. The van der Waals surface area contributed by atoms with Crippen LogP contribution < -0.4 is 19.7 Å². The Morgan fingerprint density at radius 3 is 2.76 bits per heavy atom. The summed E-state index contributed by atoms with van der Waals surface area (Å²) in [5.41, 5.74) is 4.95. The van der Waals surface area contributed by atoms with Gasteiger partial charge in [0, 0.05) is 37.9 Å². The molecule has 1 saturated heterocycles. The highest BCUT2D eigenvalue weighted by Crippen LogP contribution is 2.34. The Morgan fingerprint density at radius 1 is 1.15 bits per heavy atom. The Kier molecular flexibility index (Phi) is 5.92. The molecule has 1 amide bonds. The van der Waals surface area contributed by atoms with Crippen molar-refractivity contribution in [2.75, 3.05) is 57.2 Å². The number of H-pyrrole nitrogens is 1. The fourth-order valence-corrected chi connectivity index (χ4v) is 4.44. The highest BCUT2D eigenvalue weighted by molar-refractivity contribution is 5.97. The number of methoxy groups -OCH3 is 1. The van der Waals surface area contributed by atoms with Crippen LogP contribution >= 0.6 is 0 Å². The Hall–Kier alpha value is -3.52. The lowest BCUT2D eigenvalue weighted by Gasteiger charge is -2.35. The van der Waals surface area contributed by atoms with Crippen LogP contribution in [0, 0.1) is 5.92 Å². The third-order valence-corrected chi connectivity index (χ3v) is 6.48. The third kappa shape index (κ3) is 4.52. The molecule has 1 aromatic heterocycles. The van der Waals surface area contributed by atoms with E-state index in [-0.39, 0.29) is 11.8 Å². The lowest BCUT2D eigenvalue weighted by molar-refractivity contribution is -0.121. The predicted molar refractivity (Wildman–Crippen MR) is 128 cm³/mol. The zero-order valence-electron chi connectivity index (χ0n) is 19.0. The second-order valence-electron chi connectivity index (χ2n) is 8.68. The Labute approximate surface area is 193 Å². The van der Waals surface area contributed by atoms with Crippen LogP contribution in [0.15, 0.2) is 48.8 Å². The van der Waals surface area contributed by atoms with E-state index in [0.29, 0.717) is 13.0 Å². The van der Waals surface area contributed by atoms with E-state index in [1.807, 2.05) is 42.7 Å². The van der Waals surface area contributed by atoms with Crippen molar-refractivity contribution in [1.82, 2.24) is 15.1 Å². The van der Waals surface area contributed by atoms with E-state index < -0.39 is 0 Å². The van der Waals surface area contributed by atoms with Crippen LogP contribution in [0.1, 0.15) is 5.56 Å². The summed E-state index contributed by atoms with van der Waals surface area (Å²) in [6.07, 6.45) is 4.31. The Morgan fingerprint density at radius 2 is 2.00 bits per heavy atom. The van der Waals surface area contributed by atoms with Gasteiger partial charge >= 0.3 is 0 Å². The molecule has 0 aliphatic carbocycles. The molecule has 3 heterocycles. The minimum Gasteiger partial charge on any atom is -0.497 e. The molecule has 0 unspecified atom stereocenters. The predicted octanol–water partition coefficient (Wildman–Crippen LogP) is 3.03. The number of likely N-dealkylation sites (N-methyl/N-ethyl adjacent to an activating group) is 1. The van der Waals surface area contributed by atoms with E-state index in [1.54, 1.807) is 7.11 Å². The largest absolute Gasteiger partial charge is 0.497 e. The first kappa shape index (κ1) is 21.3. The molecule has 172 valence electrons. The number of nitrogens with zero attached hydrogens (tertiary/aromatic N) is 3. The van der Waals surface area contributed by atoms with Crippen LogP contribution in [0.4, 0.5) is 11.4 Å². The van der Waals surface area contributed by atoms with Gasteiger partial charge in [0.15, 0.2) is 0 Å².